The number of hydrogen-bond acceptors (Lipinski definition) is 4. The summed E-state index contributed by atoms with van der Waals surface area (Å²) in [6.45, 7) is 7.85. The van der Waals surface area contributed by atoms with Crippen LogP contribution in [-0.4, -0.2) is 50.9 Å². The molecule has 1 atom stereocenters. The first-order valence-corrected chi connectivity index (χ1v) is 10.8. The number of aryl methyl sites for hydroxylation is 2. The summed E-state index contributed by atoms with van der Waals surface area (Å²) in [5, 5.41) is 0. The van der Waals surface area contributed by atoms with E-state index in [4.69, 9.17) is 4.74 Å². The fraction of sp³-hybridized carbons (Fsp3) is 0.429. The fourth-order valence-electron chi connectivity index (χ4n) is 3.59. The van der Waals surface area contributed by atoms with Gasteiger partial charge in [-0.25, -0.2) is 8.42 Å². The van der Waals surface area contributed by atoms with Crippen molar-refractivity contribution in [3.8, 4) is 5.75 Å². The summed E-state index contributed by atoms with van der Waals surface area (Å²) in [6, 6.07) is 13.7. The second-order valence-corrected chi connectivity index (χ2v) is 8.99. The van der Waals surface area contributed by atoms with Gasteiger partial charge >= 0.3 is 0 Å². The topological polar surface area (TPSA) is 49.9 Å². The molecule has 0 radical (unpaired) electrons. The van der Waals surface area contributed by atoms with Crippen LogP contribution in [0.1, 0.15) is 29.7 Å². The van der Waals surface area contributed by atoms with Gasteiger partial charge in [-0.15, -0.1) is 0 Å². The van der Waals surface area contributed by atoms with Crippen molar-refractivity contribution >= 4 is 10.0 Å². The molecule has 2 aromatic carbocycles. The number of benzene rings is 2. The van der Waals surface area contributed by atoms with Crippen molar-refractivity contribution in [3.63, 3.8) is 0 Å². The highest BCUT2D eigenvalue weighted by molar-refractivity contribution is 7.89. The Kier molecular flexibility index (Phi) is 5.89. The Bertz CT molecular complexity index is 897. The summed E-state index contributed by atoms with van der Waals surface area (Å²) in [5.74, 6) is 0.745. The van der Waals surface area contributed by atoms with Crippen LogP contribution < -0.4 is 4.74 Å². The highest BCUT2D eigenvalue weighted by Crippen LogP contribution is 2.31. The molecule has 0 aromatic heterocycles. The van der Waals surface area contributed by atoms with Crippen molar-refractivity contribution in [2.45, 2.75) is 31.7 Å². The number of rotatable bonds is 5. The summed E-state index contributed by atoms with van der Waals surface area (Å²) in [6.07, 6.45) is 0. The third-order valence-electron chi connectivity index (χ3n) is 5.19. The molecule has 1 aliphatic heterocycles. The summed E-state index contributed by atoms with van der Waals surface area (Å²) >= 11 is 0. The van der Waals surface area contributed by atoms with Crippen LogP contribution in [0.3, 0.4) is 0 Å². The molecule has 0 saturated carbocycles. The van der Waals surface area contributed by atoms with Crippen molar-refractivity contribution in [1.29, 1.82) is 0 Å². The summed E-state index contributed by atoms with van der Waals surface area (Å²) in [5.41, 5.74) is 2.70. The zero-order valence-electron chi connectivity index (χ0n) is 16.5. The Labute approximate surface area is 162 Å². The molecule has 0 amide bonds. The lowest BCUT2D eigenvalue weighted by Crippen LogP contribution is -2.49. The minimum atomic E-state index is -3.56. The first kappa shape index (κ1) is 19.9. The zero-order valence-corrected chi connectivity index (χ0v) is 17.3. The van der Waals surface area contributed by atoms with Crippen LogP contribution in [0.25, 0.3) is 0 Å². The molecule has 2 aromatic rings. The minimum Gasteiger partial charge on any atom is -0.494 e. The number of ether oxygens (including phenoxy) is 1. The van der Waals surface area contributed by atoms with Gasteiger partial charge in [0.2, 0.25) is 10.0 Å². The van der Waals surface area contributed by atoms with E-state index < -0.39 is 10.0 Å². The average molecular weight is 389 g/mol. The molecule has 146 valence electrons. The predicted octanol–water partition coefficient (Wildman–Crippen LogP) is 3.38. The van der Waals surface area contributed by atoms with Gasteiger partial charge in [-0.3, -0.25) is 4.90 Å². The molecule has 0 bridgehead atoms. The molecule has 1 heterocycles. The van der Waals surface area contributed by atoms with Gasteiger partial charge < -0.3 is 4.74 Å². The lowest BCUT2D eigenvalue weighted by molar-refractivity contribution is 0.148. The van der Waals surface area contributed by atoms with Gasteiger partial charge in [-0.05, 0) is 56.6 Å². The van der Waals surface area contributed by atoms with E-state index in [1.54, 1.807) is 10.4 Å². The molecule has 1 aliphatic rings. The van der Waals surface area contributed by atoms with E-state index in [1.165, 1.54) is 0 Å². The van der Waals surface area contributed by atoms with Gasteiger partial charge in [0.05, 0.1) is 11.5 Å². The molecule has 5 nitrogen and oxygen atoms in total. The quantitative estimate of drug-likeness (QED) is 0.788. The van der Waals surface area contributed by atoms with Crippen molar-refractivity contribution in [1.82, 2.24) is 9.21 Å². The van der Waals surface area contributed by atoms with Crippen LogP contribution in [0.15, 0.2) is 47.4 Å². The standard InChI is InChI=1S/C21H28N2O3S/c1-5-26-20-13-17(3)21(14-16(20)2)27(24,25)23-12-11-22(4)19(15-23)18-9-7-6-8-10-18/h6-10,13-14,19H,5,11-12,15H2,1-4H3. The van der Waals surface area contributed by atoms with E-state index in [0.29, 0.717) is 31.1 Å². The minimum absolute atomic E-state index is 0.0545. The van der Waals surface area contributed by atoms with E-state index in [-0.39, 0.29) is 6.04 Å². The highest BCUT2D eigenvalue weighted by atomic mass is 32.2. The maximum atomic E-state index is 13.4. The lowest BCUT2D eigenvalue weighted by atomic mass is 10.0. The molecule has 1 unspecified atom stereocenters. The third-order valence-corrected chi connectivity index (χ3v) is 7.19. The Morgan fingerprint density at radius 1 is 1.07 bits per heavy atom. The molecule has 1 saturated heterocycles. The second kappa shape index (κ2) is 8.00. The van der Waals surface area contributed by atoms with Crippen LogP contribution in [0, 0.1) is 13.8 Å². The summed E-state index contributed by atoms with van der Waals surface area (Å²) in [7, 11) is -1.51. The number of piperazine rings is 1. The van der Waals surface area contributed by atoms with E-state index in [2.05, 4.69) is 17.0 Å². The Morgan fingerprint density at radius 3 is 2.44 bits per heavy atom. The Hall–Kier alpha value is -1.89. The van der Waals surface area contributed by atoms with E-state index in [0.717, 1.165) is 22.4 Å². The van der Waals surface area contributed by atoms with Crippen molar-refractivity contribution in [2.24, 2.45) is 0 Å². The van der Waals surface area contributed by atoms with Crippen molar-refractivity contribution < 1.29 is 13.2 Å². The molecule has 6 heteroatoms. The highest BCUT2D eigenvalue weighted by Gasteiger charge is 2.34. The second-order valence-electron chi connectivity index (χ2n) is 7.09. The first-order chi connectivity index (χ1) is 12.8. The lowest BCUT2D eigenvalue weighted by Gasteiger charge is -2.39. The molecule has 0 N–H and O–H groups in total. The number of nitrogens with zero attached hydrogens (tertiary/aromatic N) is 2. The largest absolute Gasteiger partial charge is 0.494 e. The van der Waals surface area contributed by atoms with Gasteiger partial charge in [0.15, 0.2) is 0 Å². The molecule has 1 fully saturated rings. The average Bonchev–Trinajstić information content (AvgIpc) is 2.65. The van der Waals surface area contributed by atoms with Gasteiger partial charge in [0.25, 0.3) is 0 Å². The van der Waals surface area contributed by atoms with E-state index in [1.807, 2.05) is 52.1 Å². The van der Waals surface area contributed by atoms with Crippen LogP contribution in [0.4, 0.5) is 0 Å². The van der Waals surface area contributed by atoms with Crippen molar-refractivity contribution in [3.05, 3.63) is 59.2 Å². The molecule has 27 heavy (non-hydrogen) atoms. The van der Waals surface area contributed by atoms with Gasteiger partial charge in [0, 0.05) is 25.7 Å². The molecule has 0 spiro atoms. The summed E-state index contributed by atoms with van der Waals surface area (Å²) in [4.78, 5) is 2.59. The number of likely N-dealkylation sites (N-methyl/N-ethyl adjacent to an activating group) is 1. The van der Waals surface area contributed by atoms with E-state index in [9.17, 15) is 8.42 Å². The van der Waals surface area contributed by atoms with Crippen LogP contribution >= 0.6 is 0 Å². The molecule has 3 rings (SSSR count). The normalized spacial score (nSPS) is 19.2. The van der Waals surface area contributed by atoms with Crippen LogP contribution in [0.2, 0.25) is 0 Å². The van der Waals surface area contributed by atoms with Crippen LogP contribution in [0.5, 0.6) is 5.75 Å². The maximum Gasteiger partial charge on any atom is 0.243 e. The predicted molar refractivity (Wildman–Crippen MR) is 108 cm³/mol. The Morgan fingerprint density at radius 2 is 1.78 bits per heavy atom. The number of hydrogen-bond donors (Lipinski definition) is 0. The maximum absolute atomic E-state index is 13.4. The fourth-order valence-corrected chi connectivity index (χ4v) is 5.32. The first-order valence-electron chi connectivity index (χ1n) is 9.34. The van der Waals surface area contributed by atoms with Gasteiger partial charge in [-0.1, -0.05) is 30.3 Å². The zero-order chi connectivity index (χ0) is 19.6. The van der Waals surface area contributed by atoms with E-state index >= 15 is 0 Å². The molecular weight excluding hydrogens is 360 g/mol. The Balaban J connectivity index is 1.92. The van der Waals surface area contributed by atoms with Crippen molar-refractivity contribution in [2.75, 3.05) is 33.3 Å². The molecule has 0 aliphatic carbocycles. The summed E-state index contributed by atoms with van der Waals surface area (Å²) < 4.78 is 34.0. The smallest absolute Gasteiger partial charge is 0.243 e. The SMILES string of the molecule is CCOc1cc(C)c(S(=O)(=O)N2CCN(C)C(c3ccccc3)C2)cc1C. The molecular formula is C21H28N2O3S. The van der Waals surface area contributed by atoms with Crippen LogP contribution in [-0.2, 0) is 10.0 Å². The third kappa shape index (κ3) is 4.03. The van der Waals surface area contributed by atoms with Gasteiger partial charge in [-0.2, -0.15) is 4.31 Å². The monoisotopic (exact) mass is 388 g/mol. The number of sulfonamides is 1. The van der Waals surface area contributed by atoms with Gasteiger partial charge in [0.1, 0.15) is 5.75 Å².